The third-order valence-electron chi connectivity index (χ3n) is 5.55. The molecule has 5 N–H and O–H groups in total. The summed E-state index contributed by atoms with van der Waals surface area (Å²) in [6.45, 7) is 1.80. The van der Waals surface area contributed by atoms with Crippen LogP contribution in [0.25, 0.3) is 0 Å². The van der Waals surface area contributed by atoms with Gasteiger partial charge in [0.25, 0.3) is 0 Å². The number of unbranched alkanes of at least 4 members (excludes halogenated alkanes) is 11. The van der Waals surface area contributed by atoms with Gasteiger partial charge in [0.05, 0.1) is 0 Å². The van der Waals surface area contributed by atoms with Gasteiger partial charge in [-0.1, -0.05) is 77.6 Å². The number of ether oxygens (including phenoxy) is 3. The Morgan fingerprint density at radius 3 is 1.88 bits per heavy atom. The lowest BCUT2D eigenvalue weighted by molar-refractivity contribution is -0.297. The number of aliphatic hydroxyl groups excluding tert-OH is 2. The molecule has 1 aliphatic heterocycles. The van der Waals surface area contributed by atoms with E-state index in [0.29, 0.717) is 6.42 Å². The number of aliphatic hydroxyl groups is 2. The molecule has 1 rings (SSSR count). The Bertz CT molecular complexity index is 570. The van der Waals surface area contributed by atoms with E-state index in [9.17, 15) is 19.6 Å². The Kier molecular flexibility index (Phi) is 15.4. The second-order valence-corrected chi connectivity index (χ2v) is 9.61. The maximum Gasteiger partial charge on any atom is 0.505 e. The van der Waals surface area contributed by atoms with Crippen molar-refractivity contribution in [1.82, 2.24) is 0 Å². The number of phosphoric acid groups is 1. The van der Waals surface area contributed by atoms with Crippen LogP contribution in [0.3, 0.4) is 0 Å². The van der Waals surface area contributed by atoms with Gasteiger partial charge in [0, 0.05) is 6.61 Å². The molecule has 0 unspecified atom stereocenters. The second kappa shape index (κ2) is 16.8. The fourth-order valence-corrected chi connectivity index (χ4v) is 4.29. The predicted octanol–water partition coefficient (Wildman–Crippen LogP) is 3.32. The van der Waals surface area contributed by atoms with Crippen molar-refractivity contribution >= 4 is 14.0 Å². The summed E-state index contributed by atoms with van der Waals surface area (Å²) in [4.78, 5) is 28.8. The van der Waals surface area contributed by atoms with Crippen molar-refractivity contribution in [2.45, 2.75) is 115 Å². The monoisotopic (exact) mass is 500 g/mol. The van der Waals surface area contributed by atoms with E-state index >= 15 is 0 Å². The highest BCUT2D eigenvalue weighted by Gasteiger charge is 2.48. The third-order valence-corrected chi connectivity index (χ3v) is 6.07. The zero-order chi connectivity index (χ0) is 24.7. The third kappa shape index (κ3) is 13.6. The lowest BCUT2D eigenvalue weighted by atomic mass is 9.99. The van der Waals surface area contributed by atoms with E-state index in [0.717, 1.165) is 19.3 Å². The fourth-order valence-electron chi connectivity index (χ4n) is 3.74. The molecule has 1 saturated heterocycles. The lowest BCUT2D eigenvalue weighted by Gasteiger charge is -2.41. The summed E-state index contributed by atoms with van der Waals surface area (Å²) < 4.78 is 31.1. The number of rotatable bonds is 18. The molecule has 0 aliphatic carbocycles. The van der Waals surface area contributed by atoms with Crippen molar-refractivity contribution in [3.05, 3.63) is 0 Å². The summed E-state index contributed by atoms with van der Waals surface area (Å²) in [7, 11) is -5.01. The lowest BCUT2D eigenvalue weighted by Crippen LogP contribution is -2.60. The quantitative estimate of drug-likeness (QED) is 0.106. The molecule has 0 aromatic heterocycles. The Balaban J connectivity index is 2.33. The fraction of sp³-hybridized carbons (Fsp3) is 0.952. The minimum absolute atomic E-state index is 0.179. The number of phosphoric ester groups is 1. The van der Waals surface area contributed by atoms with Crippen LogP contribution in [0.15, 0.2) is 0 Å². The maximum absolute atomic E-state index is 11.2. The first-order valence-electron chi connectivity index (χ1n) is 11.9. The van der Waals surface area contributed by atoms with Gasteiger partial charge in [-0.3, -0.25) is 4.52 Å². The van der Waals surface area contributed by atoms with Crippen LogP contribution in [-0.4, -0.2) is 75.2 Å². The van der Waals surface area contributed by atoms with Crippen molar-refractivity contribution in [1.29, 1.82) is 0 Å². The Hall–Kier alpha value is -0.780. The first-order valence-corrected chi connectivity index (χ1v) is 13.4. The summed E-state index contributed by atoms with van der Waals surface area (Å²) in [5, 5.41) is 28.9. The average Bonchev–Trinajstić information content (AvgIpc) is 2.74. The van der Waals surface area contributed by atoms with E-state index in [1.807, 2.05) is 0 Å². The maximum atomic E-state index is 11.2. The van der Waals surface area contributed by atoms with Gasteiger partial charge in [-0.2, -0.15) is 0 Å². The van der Waals surface area contributed by atoms with E-state index in [1.54, 1.807) is 0 Å². The molecule has 0 amide bonds. The smallest absolute Gasteiger partial charge is 0.450 e. The van der Waals surface area contributed by atoms with Gasteiger partial charge in [0.15, 0.2) is 6.29 Å². The topological polar surface area (TPSA) is 172 Å². The molecular weight excluding hydrogens is 459 g/mol. The van der Waals surface area contributed by atoms with Gasteiger partial charge in [-0.25, -0.2) is 9.36 Å². The Morgan fingerprint density at radius 2 is 1.39 bits per heavy atom. The molecule has 0 aromatic carbocycles. The Morgan fingerprint density at radius 1 is 0.879 bits per heavy atom. The van der Waals surface area contributed by atoms with Crippen molar-refractivity contribution in [3.63, 3.8) is 0 Å². The van der Waals surface area contributed by atoms with Gasteiger partial charge in [0.2, 0.25) is 0 Å². The van der Waals surface area contributed by atoms with E-state index < -0.39 is 51.3 Å². The van der Waals surface area contributed by atoms with Crippen LogP contribution in [0, 0.1) is 0 Å². The molecule has 33 heavy (non-hydrogen) atoms. The molecule has 1 aliphatic rings. The number of carbonyl (C=O) groups is 1. The van der Waals surface area contributed by atoms with Crippen molar-refractivity contribution < 1.29 is 53.2 Å². The zero-order valence-electron chi connectivity index (χ0n) is 19.4. The highest BCUT2D eigenvalue weighted by atomic mass is 31.2. The van der Waals surface area contributed by atoms with Crippen molar-refractivity contribution in [2.75, 3.05) is 13.2 Å². The molecule has 0 radical (unpaired) electrons. The van der Waals surface area contributed by atoms with Gasteiger partial charge in [-0.05, 0) is 6.42 Å². The molecule has 1 fully saturated rings. The summed E-state index contributed by atoms with van der Waals surface area (Å²) in [5.41, 5.74) is 0. The van der Waals surface area contributed by atoms with Crippen LogP contribution in [0.1, 0.15) is 84.0 Å². The van der Waals surface area contributed by atoms with Gasteiger partial charge in [0.1, 0.15) is 31.0 Å². The van der Waals surface area contributed by atoms with Crippen LogP contribution >= 0.6 is 7.82 Å². The first kappa shape index (κ1) is 30.3. The standard InChI is InChI=1S/C21H41O11P/c1-2-3-4-5-6-7-8-9-10-11-12-13-14-29-20-19(32-33(26,27)28)18(23)17(22)16(31-20)15-30-21(24)25/h16-20,22-23H,2-15H2,1H3,(H,24,25)(H2,26,27,28)/t16-,17-,18+,19-,20-/m1/s1. The molecule has 0 saturated carbocycles. The molecule has 0 bridgehead atoms. The normalized spacial score (nSPS) is 25.8. The summed E-state index contributed by atoms with van der Waals surface area (Å²) in [6, 6.07) is 0. The average molecular weight is 501 g/mol. The zero-order valence-corrected chi connectivity index (χ0v) is 20.3. The van der Waals surface area contributed by atoms with E-state index in [1.165, 1.54) is 51.4 Å². The largest absolute Gasteiger partial charge is 0.505 e. The second-order valence-electron chi connectivity index (χ2n) is 8.42. The molecule has 11 nitrogen and oxygen atoms in total. The molecular formula is C21H41O11P. The van der Waals surface area contributed by atoms with Crippen molar-refractivity contribution in [3.8, 4) is 0 Å². The SMILES string of the molecule is CCCCCCCCCCCCCCO[C@@H]1O[C@H](COC(=O)O)[C@@H](O)[C@H](O)[C@H]1OP(=O)(O)O. The van der Waals surface area contributed by atoms with Crippen LogP contribution in [0.2, 0.25) is 0 Å². The summed E-state index contributed by atoms with van der Waals surface area (Å²) >= 11 is 0. The molecule has 0 spiro atoms. The van der Waals surface area contributed by atoms with Crippen LogP contribution in [0.4, 0.5) is 4.79 Å². The molecule has 196 valence electrons. The Labute approximate surface area is 195 Å². The van der Waals surface area contributed by atoms with Gasteiger partial charge >= 0.3 is 14.0 Å². The summed E-state index contributed by atoms with van der Waals surface area (Å²) in [6.07, 6.45) is 4.52. The van der Waals surface area contributed by atoms with Crippen molar-refractivity contribution in [2.24, 2.45) is 0 Å². The number of carboxylic acid groups (broad SMARTS) is 1. The van der Waals surface area contributed by atoms with Crippen LogP contribution in [-0.2, 0) is 23.3 Å². The molecule has 12 heteroatoms. The highest BCUT2D eigenvalue weighted by Crippen LogP contribution is 2.41. The minimum atomic E-state index is -5.01. The van der Waals surface area contributed by atoms with E-state index in [-0.39, 0.29) is 6.61 Å². The van der Waals surface area contributed by atoms with Gasteiger partial charge in [-0.15, -0.1) is 0 Å². The van der Waals surface area contributed by atoms with Crippen LogP contribution < -0.4 is 0 Å². The molecule has 1 heterocycles. The first-order chi connectivity index (χ1) is 15.7. The molecule has 5 atom stereocenters. The van der Waals surface area contributed by atoms with Gasteiger partial charge < -0.3 is 39.3 Å². The van der Waals surface area contributed by atoms with E-state index in [4.69, 9.17) is 24.4 Å². The van der Waals surface area contributed by atoms with Crippen LogP contribution in [0.5, 0.6) is 0 Å². The highest BCUT2D eigenvalue weighted by molar-refractivity contribution is 7.46. The molecule has 0 aromatic rings. The minimum Gasteiger partial charge on any atom is -0.450 e. The number of hydrogen-bond acceptors (Lipinski definition) is 8. The number of hydrogen-bond donors (Lipinski definition) is 5. The predicted molar refractivity (Wildman–Crippen MR) is 119 cm³/mol. The summed E-state index contributed by atoms with van der Waals surface area (Å²) in [5.74, 6) is 0. The van der Waals surface area contributed by atoms with E-state index in [2.05, 4.69) is 16.2 Å².